The molecule has 0 saturated heterocycles. The van der Waals surface area contributed by atoms with Gasteiger partial charge in [0.2, 0.25) is 0 Å². The number of benzene rings is 1. The topological polar surface area (TPSA) is 92.5 Å². The molecule has 1 aromatic carbocycles. The maximum Gasteiger partial charge on any atom is 0.271 e. The van der Waals surface area contributed by atoms with Crippen molar-refractivity contribution in [1.29, 1.82) is 0 Å². The number of nitrogens with one attached hydrogen (secondary N) is 1. The van der Waals surface area contributed by atoms with Crippen molar-refractivity contribution >= 4 is 27.5 Å². The van der Waals surface area contributed by atoms with Gasteiger partial charge < -0.3 is 10.4 Å². The van der Waals surface area contributed by atoms with Gasteiger partial charge in [0.1, 0.15) is 0 Å². The third-order valence-electron chi connectivity index (χ3n) is 2.23. The van der Waals surface area contributed by atoms with E-state index in [-0.39, 0.29) is 23.8 Å². The Morgan fingerprint density at radius 1 is 1.39 bits per heavy atom. The van der Waals surface area contributed by atoms with Crippen LogP contribution in [0.3, 0.4) is 0 Å². The molecule has 0 aliphatic carbocycles. The molecule has 2 N–H and O–H groups in total. The van der Waals surface area contributed by atoms with Crippen LogP contribution in [0.4, 0.5) is 5.69 Å². The summed E-state index contributed by atoms with van der Waals surface area (Å²) in [7, 11) is 0. The van der Waals surface area contributed by atoms with Crippen molar-refractivity contribution in [2.75, 3.05) is 13.2 Å². The highest BCUT2D eigenvalue weighted by molar-refractivity contribution is 9.10. The molecule has 6 nitrogen and oxygen atoms in total. The first-order chi connectivity index (χ1) is 8.54. The number of aliphatic hydroxyl groups is 1. The van der Waals surface area contributed by atoms with Crippen LogP contribution in [-0.4, -0.2) is 29.1 Å². The molecule has 0 aromatic heterocycles. The zero-order valence-electron chi connectivity index (χ0n) is 9.56. The zero-order valence-corrected chi connectivity index (χ0v) is 11.1. The van der Waals surface area contributed by atoms with Crippen molar-refractivity contribution in [3.8, 4) is 0 Å². The summed E-state index contributed by atoms with van der Waals surface area (Å²) in [5.41, 5.74) is 0.102. The van der Waals surface area contributed by atoms with Gasteiger partial charge in [-0.15, -0.1) is 0 Å². The lowest BCUT2D eigenvalue weighted by atomic mass is 10.2. The van der Waals surface area contributed by atoms with Gasteiger partial charge in [-0.3, -0.25) is 14.9 Å². The van der Waals surface area contributed by atoms with Crippen molar-refractivity contribution in [3.05, 3.63) is 38.3 Å². The van der Waals surface area contributed by atoms with Crippen LogP contribution in [0.25, 0.3) is 0 Å². The van der Waals surface area contributed by atoms with Crippen molar-refractivity contribution in [3.63, 3.8) is 0 Å². The number of nitrogens with zero attached hydrogens (tertiary/aromatic N) is 1. The highest BCUT2D eigenvalue weighted by Gasteiger charge is 2.13. The number of halogens is 1. The maximum absolute atomic E-state index is 11.7. The van der Waals surface area contributed by atoms with Gasteiger partial charge in [-0.25, -0.2) is 0 Å². The number of nitro benzene ring substituents is 1. The molecule has 7 heteroatoms. The van der Waals surface area contributed by atoms with Crippen LogP contribution >= 0.6 is 15.9 Å². The van der Waals surface area contributed by atoms with Crippen LogP contribution in [0, 0.1) is 10.1 Å². The number of unbranched alkanes of at least 4 members (excludes halogenated alkanes) is 1. The molecule has 18 heavy (non-hydrogen) atoms. The van der Waals surface area contributed by atoms with Crippen molar-refractivity contribution < 1.29 is 14.8 Å². The number of non-ortho nitro benzene ring substituents is 1. The Hall–Kier alpha value is -1.47. The van der Waals surface area contributed by atoms with Gasteiger partial charge in [0.15, 0.2) is 0 Å². The SMILES string of the molecule is O=C(NCCCCO)c1cc(Br)cc([N+](=O)[O-])c1. The van der Waals surface area contributed by atoms with Gasteiger partial charge in [-0.05, 0) is 18.9 Å². The average Bonchev–Trinajstić information content (AvgIpc) is 2.33. The fraction of sp³-hybridized carbons (Fsp3) is 0.364. The highest BCUT2D eigenvalue weighted by Crippen LogP contribution is 2.21. The molecule has 0 aliphatic heterocycles. The third-order valence-corrected chi connectivity index (χ3v) is 2.68. The Balaban J connectivity index is 2.70. The molecule has 0 fully saturated rings. The zero-order chi connectivity index (χ0) is 13.5. The van der Waals surface area contributed by atoms with Gasteiger partial charge in [-0.1, -0.05) is 15.9 Å². The van der Waals surface area contributed by atoms with Gasteiger partial charge in [0.05, 0.1) is 4.92 Å². The molecule has 0 spiro atoms. The van der Waals surface area contributed by atoms with Crippen LogP contribution in [-0.2, 0) is 0 Å². The summed E-state index contributed by atoms with van der Waals surface area (Å²) in [4.78, 5) is 21.8. The Morgan fingerprint density at radius 2 is 2.11 bits per heavy atom. The Morgan fingerprint density at radius 3 is 2.72 bits per heavy atom. The summed E-state index contributed by atoms with van der Waals surface area (Å²) in [5, 5.41) is 21.9. The lowest BCUT2D eigenvalue weighted by Gasteiger charge is -2.05. The van der Waals surface area contributed by atoms with Crippen LogP contribution in [0.1, 0.15) is 23.2 Å². The molecule has 0 saturated carbocycles. The van der Waals surface area contributed by atoms with E-state index < -0.39 is 4.92 Å². The second-order valence-corrected chi connectivity index (χ2v) is 4.56. The Labute approximate surface area is 112 Å². The van der Waals surface area contributed by atoms with E-state index in [4.69, 9.17) is 5.11 Å². The summed E-state index contributed by atoms with van der Waals surface area (Å²) in [6.07, 6.45) is 1.28. The summed E-state index contributed by atoms with van der Waals surface area (Å²) in [5.74, 6) is -0.364. The maximum atomic E-state index is 11.7. The largest absolute Gasteiger partial charge is 0.396 e. The second-order valence-electron chi connectivity index (χ2n) is 3.64. The predicted octanol–water partition coefficient (Wildman–Crippen LogP) is 1.86. The summed E-state index contributed by atoms with van der Waals surface area (Å²) >= 11 is 3.13. The van der Waals surface area contributed by atoms with Gasteiger partial charge in [0, 0.05) is 35.3 Å². The predicted molar refractivity (Wildman–Crippen MR) is 69.4 cm³/mol. The lowest BCUT2D eigenvalue weighted by molar-refractivity contribution is -0.385. The quantitative estimate of drug-likeness (QED) is 0.476. The molecule has 1 amide bonds. The van der Waals surface area contributed by atoms with E-state index in [2.05, 4.69) is 21.2 Å². The third kappa shape index (κ3) is 4.42. The standard InChI is InChI=1S/C11H13BrN2O4/c12-9-5-8(6-10(7-9)14(17)18)11(16)13-3-1-2-4-15/h5-7,15H,1-4H2,(H,13,16). The van der Waals surface area contributed by atoms with Gasteiger partial charge in [0.25, 0.3) is 11.6 Å². The average molecular weight is 317 g/mol. The van der Waals surface area contributed by atoms with Crippen LogP contribution in [0.15, 0.2) is 22.7 Å². The molecule has 0 radical (unpaired) electrons. The fourth-order valence-corrected chi connectivity index (χ4v) is 1.83. The number of rotatable bonds is 6. The lowest BCUT2D eigenvalue weighted by Crippen LogP contribution is -2.24. The minimum atomic E-state index is -0.548. The van der Waals surface area contributed by atoms with Gasteiger partial charge >= 0.3 is 0 Å². The summed E-state index contributed by atoms with van der Waals surface area (Å²) in [6.45, 7) is 0.512. The van der Waals surface area contributed by atoms with E-state index in [0.29, 0.717) is 23.9 Å². The number of nitro groups is 1. The van der Waals surface area contributed by atoms with Crippen molar-refractivity contribution in [2.45, 2.75) is 12.8 Å². The van der Waals surface area contributed by atoms with E-state index in [1.807, 2.05) is 0 Å². The molecule has 1 aromatic rings. The first-order valence-electron chi connectivity index (χ1n) is 5.38. The molecule has 0 heterocycles. The first kappa shape index (κ1) is 14.6. The number of hydrogen-bond acceptors (Lipinski definition) is 4. The van der Waals surface area contributed by atoms with Crippen LogP contribution < -0.4 is 5.32 Å². The normalized spacial score (nSPS) is 10.1. The molecule has 1 rings (SSSR count). The highest BCUT2D eigenvalue weighted by atomic mass is 79.9. The van der Waals surface area contributed by atoms with Gasteiger partial charge in [-0.2, -0.15) is 0 Å². The van der Waals surface area contributed by atoms with E-state index in [9.17, 15) is 14.9 Å². The molecule has 0 bridgehead atoms. The summed E-state index contributed by atoms with van der Waals surface area (Å²) < 4.78 is 0.484. The smallest absolute Gasteiger partial charge is 0.271 e. The molecular weight excluding hydrogens is 304 g/mol. The number of carbonyl (C=O) groups is 1. The Kier molecular flexibility index (Phi) is 5.73. The minimum absolute atomic E-state index is 0.0816. The van der Waals surface area contributed by atoms with Crippen LogP contribution in [0.5, 0.6) is 0 Å². The van der Waals surface area contributed by atoms with E-state index in [0.717, 1.165) is 0 Å². The molecular formula is C11H13BrN2O4. The van der Waals surface area contributed by atoms with E-state index >= 15 is 0 Å². The molecule has 0 atom stereocenters. The number of aliphatic hydroxyl groups excluding tert-OH is 1. The minimum Gasteiger partial charge on any atom is -0.396 e. The first-order valence-corrected chi connectivity index (χ1v) is 6.18. The van der Waals surface area contributed by atoms with Crippen LogP contribution in [0.2, 0.25) is 0 Å². The number of hydrogen-bond donors (Lipinski definition) is 2. The molecule has 98 valence electrons. The second kappa shape index (κ2) is 7.07. The number of amides is 1. The summed E-state index contributed by atoms with van der Waals surface area (Å²) in [6, 6.07) is 4.09. The fourth-order valence-electron chi connectivity index (χ4n) is 1.35. The van der Waals surface area contributed by atoms with E-state index in [1.165, 1.54) is 18.2 Å². The molecule has 0 aliphatic rings. The molecule has 0 unspecified atom stereocenters. The number of carbonyl (C=O) groups excluding carboxylic acids is 1. The Bertz CT molecular complexity index is 451. The monoisotopic (exact) mass is 316 g/mol. The van der Waals surface area contributed by atoms with E-state index in [1.54, 1.807) is 0 Å². The van der Waals surface area contributed by atoms with Crippen molar-refractivity contribution in [2.24, 2.45) is 0 Å². The van der Waals surface area contributed by atoms with Crippen molar-refractivity contribution in [1.82, 2.24) is 5.32 Å².